The largest absolute Gasteiger partial charge is 0.355 e. The molecule has 6 heteroatoms. The monoisotopic (exact) mass is 1100 g/mol. The Labute approximate surface area is 496 Å². The van der Waals surface area contributed by atoms with E-state index in [1.807, 2.05) is 0 Å². The third kappa shape index (κ3) is 14.4. The maximum atomic E-state index is 5.42. The van der Waals surface area contributed by atoms with E-state index in [-0.39, 0.29) is 0 Å². The van der Waals surface area contributed by atoms with Crippen LogP contribution in [0, 0.1) is 0 Å². The maximum Gasteiger partial charge on any atom is 0.0737 e. The van der Waals surface area contributed by atoms with E-state index in [0.717, 1.165) is 74.5 Å². The third-order valence-electron chi connectivity index (χ3n) is 18.4. The van der Waals surface area contributed by atoms with Crippen LogP contribution in [0.3, 0.4) is 0 Å². The SMILES string of the molecule is CCCCCCCCCCCCCCCCCCCCCCCCCCCCCCCCn1c2ccccc2c2cccc(-c3c4nc(cc5ccc([nH]5)c(-c5cccc6c7ccccc7n(C)c56)c5nc(cc6ccc3[nH]6)C=C5)C=C4)c21. The quantitative estimate of drug-likeness (QED) is 0.0403. The highest BCUT2D eigenvalue weighted by Gasteiger charge is 2.21. The number of aromatic nitrogens is 6. The van der Waals surface area contributed by atoms with Crippen LogP contribution >= 0.6 is 0 Å². The lowest BCUT2D eigenvalue weighted by atomic mass is 10.00. The molecule has 7 heterocycles. The second-order valence-corrected chi connectivity index (χ2v) is 24.6. The number of benzene rings is 4. The van der Waals surface area contributed by atoms with Gasteiger partial charge in [0.1, 0.15) is 0 Å². The van der Waals surface area contributed by atoms with Gasteiger partial charge in [-0.05, 0) is 79.3 Å². The molecule has 432 valence electrons. The molecule has 2 aliphatic rings. The Morgan fingerprint density at radius 3 is 1.18 bits per heavy atom. The molecule has 0 atom stereocenters. The van der Waals surface area contributed by atoms with Gasteiger partial charge in [0.2, 0.25) is 0 Å². The smallest absolute Gasteiger partial charge is 0.0737 e. The molecule has 0 unspecified atom stereocenters. The molecule has 4 aromatic carbocycles. The first-order chi connectivity index (χ1) is 41.1. The summed E-state index contributed by atoms with van der Waals surface area (Å²) in [6, 6.07) is 44.3. The van der Waals surface area contributed by atoms with Gasteiger partial charge in [-0.25, -0.2) is 9.97 Å². The van der Waals surface area contributed by atoms with Crippen molar-refractivity contribution in [3.63, 3.8) is 0 Å². The topological polar surface area (TPSA) is 67.2 Å². The van der Waals surface area contributed by atoms with Crippen LogP contribution in [0.25, 0.3) is 112 Å². The van der Waals surface area contributed by atoms with E-state index in [1.165, 1.54) is 235 Å². The van der Waals surface area contributed by atoms with Gasteiger partial charge in [-0.3, -0.25) is 0 Å². The van der Waals surface area contributed by atoms with Gasteiger partial charge in [-0.2, -0.15) is 0 Å². The minimum absolute atomic E-state index is 0.907. The number of nitrogens with zero attached hydrogens (tertiary/aromatic N) is 4. The molecule has 0 amide bonds. The lowest BCUT2D eigenvalue weighted by Gasteiger charge is -2.12. The number of aromatic amines is 2. The van der Waals surface area contributed by atoms with Crippen LogP contribution in [0.2, 0.25) is 0 Å². The Morgan fingerprint density at radius 2 is 0.723 bits per heavy atom. The number of nitrogens with one attached hydrogen (secondary N) is 2. The lowest BCUT2D eigenvalue weighted by molar-refractivity contribution is 0.511. The van der Waals surface area contributed by atoms with E-state index in [9.17, 15) is 0 Å². The highest BCUT2D eigenvalue weighted by Crippen LogP contribution is 2.42. The highest BCUT2D eigenvalue weighted by molar-refractivity contribution is 6.15. The first kappa shape index (κ1) is 57.9. The van der Waals surface area contributed by atoms with Crippen LogP contribution in [-0.2, 0) is 13.6 Å². The van der Waals surface area contributed by atoms with E-state index in [0.29, 0.717) is 0 Å². The van der Waals surface area contributed by atoms with E-state index >= 15 is 0 Å². The third-order valence-corrected chi connectivity index (χ3v) is 18.4. The molecular weight excluding hydrogens is 1010 g/mol. The predicted molar refractivity (Wildman–Crippen MR) is 361 cm³/mol. The Bertz CT molecular complexity index is 3790. The van der Waals surface area contributed by atoms with Crippen LogP contribution in [0.15, 0.2) is 121 Å². The summed E-state index contributed by atoms with van der Waals surface area (Å²) in [5.74, 6) is 0. The fraction of sp³-hybridized carbons (Fsp3) is 0.429. The summed E-state index contributed by atoms with van der Waals surface area (Å²) in [5.41, 5.74) is 17.3. The van der Waals surface area contributed by atoms with Crippen molar-refractivity contribution in [1.82, 2.24) is 29.1 Å². The summed E-state index contributed by atoms with van der Waals surface area (Å²) < 4.78 is 4.94. The molecule has 0 fully saturated rings. The number of hydrogen-bond donors (Lipinski definition) is 2. The molecule has 0 aliphatic carbocycles. The van der Waals surface area contributed by atoms with E-state index in [2.05, 4.69) is 179 Å². The number of aryl methyl sites for hydroxylation is 2. The zero-order valence-corrected chi connectivity index (χ0v) is 50.6. The maximum absolute atomic E-state index is 5.42. The van der Waals surface area contributed by atoms with Gasteiger partial charge in [0.05, 0.1) is 33.8 Å². The average Bonchev–Trinajstić information content (AvgIpc) is 4.60. The number of unbranched alkanes of at least 4 members (excludes halogenated alkanes) is 29. The molecular formula is C77H94N6. The summed E-state index contributed by atoms with van der Waals surface area (Å²) in [6.45, 7) is 3.29. The fourth-order valence-corrected chi connectivity index (χ4v) is 13.9. The van der Waals surface area contributed by atoms with Gasteiger partial charge < -0.3 is 19.1 Å². The molecule has 2 N–H and O–H groups in total. The molecule has 0 saturated carbocycles. The molecule has 11 rings (SSSR count). The summed E-state index contributed by atoms with van der Waals surface area (Å²) in [5, 5.41) is 5.09. The molecule has 5 aromatic heterocycles. The minimum atomic E-state index is 0.907. The van der Waals surface area contributed by atoms with Crippen molar-refractivity contribution in [2.75, 3.05) is 0 Å². The molecule has 83 heavy (non-hydrogen) atoms. The molecule has 6 nitrogen and oxygen atoms in total. The highest BCUT2D eigenvalue weighted by atomic mass is 15.0. The van der Waals surface area contributed by atoms with Gasteiger partial charge in [0.15, 0.2) is 0 Å². The van der Waals surface area contributed by atoms with Crippen molar-refractivity contribution >= 4 is 90.0 Å². The van der Waals surface area contributed by atoms with Gasteiger partial charge in [0.25, 0.3) is 0 Å². The summed E-state index contributed by atoms with van der Waals surface area (Å²) in [7, 11) is 2.18. The van der Waals surface area contributed by atoms with E-state index in [1.54, 1.807) is 0 Å². The number of H-pyrrole nitrogens is 2. The fourth-order valence-electron chi connectivity index (χ4n) is 13.9. The Morgan fingerprint density at radius 1 is 0.349 bits per heavy atom. The molecule has 2 aliphatic heterocycles. The zero-order valence-electron chi connectivity index (χ0n) is 50.6. The molecule has 0 saturated heterocycles. The second kappa shape index (κ2) is 29.6. The molecule has 9 aromatic rings. The Hall–Kier alpha value is -6.92. The van der Waals surface area contributed by atoms with Crippen molar-refractivity contribution in [3.8, 4) is 22.3 Å². The summed E-state index contributed by atoms with van der Waals surface area (Å²) in [6.07, 6.45) is 51.3. The van der Waals surface area contributed by atoms with Crippen molar-refractivity contribution < 1.29 is 0 Å². The number of fused-ring (bicyclic) bond motifs is 14. The lowest BCUT2D eigenvalue weighted by Crippen LogP contribution is -2.00. The van der Waals surface area contributed by atoms with Crippen molar-refractivity contribution in [1.29, 1.82) is 0 Å². The van der Waals surface area contributed by atoms with Gasteiger partial charge in [0, 0.05) is 90.5 Å². The molecule has 8 bridgehead atoms. The standard InChI is InChI=1S/C77H94N6/c1-3-4-5-6-7-8-9-10-11-12-13-14-15-16-17-18-19-20-21-22-23-24-25-26-27-28-29-30-31-36-55-83-73-46-35-33-40-63(73)65-42-38-44-67(77(65)83)75-70-53-49-60(80-70)56-58-47-51-68(78-58)74(69-52-48-59(79-69)57-61-50-54-71(75)81-61)66-43-37-41-64-62-39-32-34-45-72(62)82(2)76(64)66/h32-35,37-54,56-57,78,81H,3-31,36,55H2,1-2H3. The normalized spacial score (nSPS) is 12.4. The molecule has 0 spiro atoms. The predicted octanol–water partition coefficient (Wildman–Crippen LogP) is 23.5. The Kier molecular flexibility index (Phi) is 20.6. The van der Waals surface area contributed by atoms with Crippen LogP contribution in [0.4, 0.5) is 0 Å². The van der Waals surface area contributed by atoms with Gasteiger partial charge in [-0.15, -0.1) is 0 Å². The van der Waals surface area contributed by atoms with Crippen LogP contribution in [0.1, 0.15) is 222 Å². The minimum Gasteiger partial charge on any atom is -0.355 e. The van der Waals surface area contributed by atoms with E-state index in [4.69, 9.17) is 9.97 Å². The number of hydrogen-bond acceptors (Lipinski definition) is 2. The first-order valence-corrected chi connectivity index (χ1v) is 33.2. The van der Waals surface area contributed by atoms with Crippen molar-refractivity contribution in [2.24, 2.45) is 7.05 Å². The summed E-state index contributed by atoms with van der Waals surface area (Å²) in [4.78, 5) is 18.4. The zero-order chi connectivity index (χ0) is 56.4. The van der Waals surface area contributed by atoms with E-state index < -0.39 is 0 Å². The molecule has 0 radical (unpaired) electrons. The number of para-hydroxylation sites is 4. The van der Waals surface area contributed by atoms with Crippen molar-refractivity contribution in [3.05, 3.63) is 144 Å². The van der Waals surface area contributed by atoms with Gasteiger partial charge >= 0.3 is 0 Å². The first-order valence-electron chi connectivity index (χ1n) is 33.2. The van der Waals surface area contributed by atoms with Crippen LogP contribution < -0.4 is 0 Å². The average molecular weight is 1100 g/mol. The Balaban J connectivity index is 0.684. The summed E-state index contributed by atoms with van der Waals surface area (Å²) >= 11 is 0. The number of rotatable bonds is 33. The van der Waals surface area contributed by atoms with Crippen LogP contribution in [-0.4, -0.2) is 29.1 Å². The van der Waals surface area contributed by atoms with Crippen molar-refractivity contribution in [2.45, 2.75) is 206 Å². The second-order valence-electron chi connectivity index (χ2n) is 24.6. The van der Waals surface area contributed by atoms with Crippen LogP contribution in [0.5, 0.6) is 0 Å². The van der Waals surface area contributed by atoms with Gasteiger partial charge in [-0.1, -0.05) is 266 Å².